The van der Waals surface area contributed by atoms with Gasteiger partial charge in [-0.25, -0.2) is 4.68 Å². The molecule has 0 aliphatic heterocycles. The van der Waals surface area contributed by atoms with Crippen molar-refractivity contribution in [1.82, 2.24) is 14.7 Å². The summed E-state index contributed by atoms with van der Waals surface area (Å²) in [7, 11) is 1.76. The van der Waals surface area contributed by atoms with Gasteiger partial charge in [-0.05, 0) is 50.5 Å². The average Bonchev–Trinajstić information content (AvgIpc) is 3.20. The molecule has 0 fully saturated rings. The van der Waals surface area contributed by atoms with Crippen LogP contribution < -0.4 is 0 Å². The molecule has 0 spiro atoms. The molecule has 0 N–H and O–H groups in total. The van der Waals surface area contributed by atoms with Gasteiger partial charge in [-0.1, -0.05) is 92.8 Å². The highest BCUT2D eigenvalue weighted by molar-refractivity contribution is 5.64. The van der Waals surface area contributed by atoms with E-state index in [1.54, 1.807) is 18.0 Å². The number of hydrogen-bond donors (Lipinski definition) is 0. The standard InChI is InChI=1S/C19H20N2.C11H17NO/c1-3-10-18-15(2)19(16-11-6-4-7-12-16)20-21(18)17-13-8-5-9-14-17;1-5-7-11(8-6-2)10(3)12(4)9-13/h4-9,11-14H,3,10H2,1-2H3;5-10H,1H2,2-4H3/b;8-6-,11-7+. The number of likely N-dealkylation sites (N-methyl/N-ethyl adjacent to an activating group) is 1. The maximum absolute atomic E-state index is 10.5. The Hall–Kier alpha value is -3.66. The van der Waals surface area contributed by atoms with Crippen molar-refractivity contribution in [3.05, 3.63) is 108 Å². The lowest BCUT2D eigenvalue weighted by Crippen LogP contribution is -2.28. The fourth-order valence-electron chi connectivity index (χ4n) is 3.70. The van der Waals surface area contributed by atoms with E-state index in [1.807, 2.05) is 44.2 Å². The van der Waals surface area contributed by atoms with Crippen LogP contribution in [0.4, 0.5) is 0 Å². The molecule has 4 nitrogen and oxygen atoms in total. The van der Waals surface area contributed by atoms with Gasteiger partial charge >= 0.3 is 0 Å². The summed E-state index contributed by atoms with van der Waals surface area (Å²) in [6.45, 7) is 12.0. The minimum Gasteiger partial charge on any atom is -0.342 e. The molecule has 2 aromatic carbocycles. The monoisotopic (exact) mass is 455 g/mol. The molecule has 1 unspecified atom stereocenters. The van der Waals surface area contributed by atoms with Gasteiger partial charge in [-0.3, -0.25) is 4.79 Å². The molecule has 0 aliphatic rings. The van der Waals surface area contributed by atoms with Gasteiger partial charge in [0, 0.05) is 18.3 Å². The number of carbonyl (C=O) groups is 1. The molecule has 4 heteroatoms. The third-order valence-electron chi connectivity index (χ3n) is 5.71. The zero-order valence-corrected chi connectivity index (χ0v) is 21.1. The smallest absolute Gasteiger partial charge is 0.209 e. The van der Waals surface area contributed by atoms with Crippen LogP contribution in [0.3, 0.4) is 0 Å². The van der Waals surface area contributed by atoms with Crippen LogP contribution in [0.1, 0.15) is 38.4 Å². The lowest BCUT2D eigenvalue weighted by atomic mass is 10.1. The van der Waals surface area contributed by atoms with E-state index in [1.165, 1.54) is 16.8 Å². The molecule has 1 aromatic heterocycles. The number of benzene rings is 2. The SMILES string of the molecule is C=C/C=C(\C=C/C)C(C)N(C)C=O.CCCc1c(C)c(-c2ccccc2)nn1-c1ccccc1. The fraction of sp³-hybridized carbons (Fsp3) is 0.267. The zero-order chi connectivity index (χ0) is 24.9. The van der Waals surface area contributed by atoms with Crippen molar-refractivity contribution in [2.24, 2.45) is 0 Å². The summed E-state index contributed by atoms with van der Waals surface area (Å²) in [6.07, 6.45) is 10.5. The Balaban J connectivity index is 0.000000273. The van der Waals surface area contributed by atoms with Crippen molar-refractivity contribution < 1.29 is 4.79 Å². The van der Waals surface area contributed by atoms with Gasteiger partial charge in [0.1, 0.15) is 0 Å². The van der Waals surface area contributed by atoms with Crippen molar-refractivity contribution in [3.8, 4) is 16.9 Å². The van der Waals surface area contributed by atoms with Gasteiger partial charge < -0.3 is 4.90 Å². The minimum absolute atomic E-state index is 0.0895. The van der Waals surface area contributed by atoms with Crippen LogP contribution in [-0.2, 0) is 11.2 Å². The molecule has 1 atom stereocenters. The van der Waals surface area contributed by atoms with Gasteiger partial charge in [0.05, 0.1) is 17.4 Å². The molecule has 34 heavy (non-hydrogen) atoms. The van der Waals surface area contributed by atoms with Crippen LogP contribution in [0, 0.1) is 6.92 Å². The third kappa shape index (κ3) is 6.92. The van der Waals surface area contributed by atoms with Crippen LogP contribution in [0.2, 0.25) is 0 Å². The van der Waals surface area contributed by atoms with Crippen LogP contribution in [-0.4, -0.2) is 34.2 Å². The normalized spacial score (nSPS) is 12.1. The molecule has 0 saturated heterocycles. The number of rotatable bonds is 9. The summed E-state index contributed by atoms with van der Waals surface area (Å²) >= 11 is 0. The van der Waals surface area contributed by atoms with Gasteiger partial charge in [-0.15, -0.1) is 0 Å². The summed E-state index contributed by atoms with van der Waals surface area (Å²) in [4.78, 5) is 12.1. The fourth-order valence-corrected chi connectivity index (χ4v) is 3.70. The molecule has 0 aliphatic carbocycles. The van der Waals surface area contributed by atoms with Crippen molar-refractivity contribution in [3.63, 3.8) is 0 Å². The summed E-state index contributed by atoms with van der Waals surface area (Å²) < 4.78 is 2.10. The highest BCUT2D eigenvalue weighted by Crippen LogP contribution is 2.27. The molecular weight excluding hydrogens is 418 g/mol. The Labute approximate surface area is 204 Å². The van der Waals surface area contributed by atoms with Crippen LogP contribution in [0.25, 0.3) is 16.9 Å². The Kier molecular flexibility index (Phi) is 10.8. The molecule has 1 heterocycles. The van der Waals surface area contributed by atoms with E-state index in [9.17, 15) is 4.79 Å². The first-order valence-corrected chi connectivity index (χ1v) is 11.8. The lowest BCUT2D eigenvalue weighted by molar-refractivity contribution is -0.117. The second kappa shape index (κ2) is 13.8. The molecule has 0 radical (unpaired) electrons. The Morgan fingerprint density at radius 1 is 1.12 bits per heavy atom. The number of para-hydroxylation sites is 1. The van der Waals surface area contributed by atoms with Crippen molar-refractivity contribution in [2.45, 2.75) is 46.6 Å². The minimum atomic E-state index is 0.0895. The average molecular weight is 456 g/mol. The molecule has 0 saturated carbocycles. The summed E-state index contributed by atoms with van der Waals surface area (Å²) in [5.41, 5.74) is 7.07. The number of allylic oxidation sites excluding steroid dienone is 3. The van der Waals surface area contributed by atoms with Crippen molar-refractivity contribution >= 4 is 6.41 Å². The highest BCUT2D eigenvalue weighted by atomic mass is 16.1. The Bertz CT molecular complexity index is 1090. The molecule has 0 bridgehead atoms. The number of aromatic nitrogens is 2. The number of nitrogens with zero attached hydrogens (tertiary/aromatic N) is 3. The quantitative estimate of drug-likeness (QED) is 0.259. The van der Waals surface area contributed by atoms with Gasteiger partial charge in [0.2, 0.25) is 6.41 Å². The second-order valence-corrected chi connectivity index (χ2v) is 8.13. The Morgan fingerprint density at radius 3 is 2.26 bits per heavy atom. The topological polar surface area (TPSA) is 38.1 Å². The first-order chi connectivity index (χ1) is 16.5. The number of carbonyl (C=O) groups excluding carboxylic acids is 1. The lowest BCUT2D eigenvalue weighted by Gasteiger charge is -2.21. The number of hydrogen-bond acceptors (Lipinski definition) is 2. The molecule has 178 valence electrons. The van der Waals surface area contributed by atoms with Gasteiger partial charge in [0.15, 0.2) is 0 Å². The predicted molar refractivity (Wildman–Crippen MR) is 144 cm³/mol. The van der Waals surface area contributed by atoms with Crippen molar-refractivity contribution in [2.75, 3.05) is 7.05 Å². The van der Waals surface area contributed by atoms with E-state index in [4.69, 9.17) is 5.10 Å². The van der Waals surface area contributed by atoms with Gasteiger partial charge in [0.25, 0.3) is 0 Å². The first kappa shape index (κ1) is 26.6. The zero-order valence-electron chi connectivity index (χ0n) is 21.1. The van der Waals surface area contributed by atoms with Crippen LogP contribution >= 0.6 is 0 Å². The molecule has 3 aromatic rings. The van der Waals surface area contributed by atoms with Crippen LogP contribution in [0.15, 0.2) is 97.1 Å². The van der Waals surface area contributed by atoms with E-state index in [-0.39, 0.29) is 6.04 Å². The van der Waals surface area contributed by atoms with E-state index in [0.29, 0.717) is 0 Å². The summed E-state index contributed by atoms with van der Waals surface area (Å²) in [6, 6.07) is 20.9. The second-order valence-electron chi connectivity index (χ2n) is 8.13. The molecule has 1 amide bonds. The van der Waals surface area contributed by atoms with E-state index >= 15 is 0 Å². The maximum atomic E-state index is 10.5. The van der Waals surface area contributed by atoms with Crippen molar-refractivity contribution in [1.29, 1.82) is 0 Å². The predicted octanol–water partition coefficient (Wildman–Crippen LogP) is 6.95. The summed E-state index contributed by atoms with van der Waals surface area (Å²) in [5, 5.41) is 4.89. The largest absolute Gasteiger partial charge is 0.342 e. The van der Waals surface area contributed by atoms with Gasteiger partial charge in [-0.2, -0.15) is 5.10 Å². The maximum Gasteiger partial charge on any atom is 0.209 e. The molecule has 3 rings (SSSR count). The number of amides is 1. The van der Waals surface area contributed by atoms with E-state index in [0.717, 1.165) is 36.2 Å². The molecular formula is C30H37N3O. The summed E-state index contributed by atoms with van der Waals surface area (Å²) in [5.74, 6) is 0. The third-order valence-corrected chi connectivity index (χ3v) is 5.71. The van der Waals surface area contributed by atoms with Crippen LogP contribution in [0.5, 0.6) is 0 Å². The highest BCUT2D eigenvalue weighted by Gasteiger charge is 2.16. The van der Waals surface area contributed by atoms with E-state index < -0.39 is 0 Å². The van der Waals surface area contributed by atoms with E-state index in [2.05, 4.69) is 73.6 Å². The first-order valence-electron chi connectivity index (χ1n) is 11.8. The Morgan fingerprint density at radius 2 is 1.74 bits per heavy atom.